The number of aromatic amines is 1. The SMILES string of the molecule is COc1nc(-c2c[nH]c3ncc(-c4cnn(C)c4)nc23)cc(C(C)(O)c2ccccc2F)n1. The van der Waals surface area contributed by atoms with Gasteiger partial charge < -0.3 is 14.8 Å². The van der Waals surface area contributed by atoms with Crippen molar-refractivity contribution >= 4 is 11.2 Å². The van der Waals surface area contributed by atoms with Crippen LogP contribution in [-0.2, 0) is 12.6 Å². The van der Waals surface area contributed by atoms with Crippen molar-refractivity contribution in [2.24, 2.45) is 7.05 Å². The molecule has 0 fully saturated rings. The van der Waals surface area contributed by atoms with Crippen molar-refractivity contribution in [1.82, 2.24) is 34.7 Å². The van der Waals surface area contributed by atoms with Crippen molar-refractivity contribution in [2.45, 2.75) is 12.5 Å². The Bertz CT molecular complexity index is 1470. The predicted molar refractivity (Wildman–Crippen MR) is 119 cm³/mol. The number of halogens is 1. The number of methoxy groups -OCH3 is 1. The Hall–Kier alpha value is -4.18. The van der Waals surface area contributed by atoms with Crippen LogP contribution in [0.2, 0.25) is 0 Å². The Morgan fingerprint density at radius 2 is 1.94 bits per heavy atom. The second-order valence-electron chi connectivity index (χ2n) is 7.73. The minimum atomic E-state index is -1.73. The molecule has 9 nitrogen and oxygen atoms in total. The number of nitrogens with zero attached hydrogens (tertiary/aromatic N) is 6. The van der Waals surface area contributed by atoms with E-state index in [4.69, 9.17) is 9.72 Å². The highest BCUT2D eigenvalue weighted by Gasteiger charge is 2.32. The highest BCUT2D eigenvalue weighted by Crippen LogP contribution is 2.34. The van der Waals surface area contributed by atoms with Gasteiger partial charge in [-0.25, -0.2) is 14.4 Å². The minimum Gasteiger partial charge on any atom is -0.467 e. The molecule has 0 saturated carbocycles. The molecular formula is C23H20FN7O2. The molecule has 1 atom stereocenters. The molecule has 2 N–H and O–H groups in total. The van der Waals surface area contributed by atoms with Gasteiger partial charge in [-0.15, -0.1) is 0 Å². The van der Waals surface area contributed by atoms with Gasteiger partial charge >= 0.3 is 6.01 Å². The molecule has 0 aliphatic rings. The molecule has 0 spiro atoms. The first-order valence-electron chi connectivity index (χ1n) is 10.1. The van der Waals surface area contributed by atoms with Gasteiger partial charge in [0.25, 0.3) is 0 Å². The number of aromatic nitrogens is 7. The zero-order valence-electron chi connectivity index (χ0n) is 18.1. The highest BCUT2D eigenvalue weighted by molar-refractivity contribution is 5.90. The summed E-state index contributed by atoms with van der Waals surface area (Å²) in [6, 6.07) is 7.65. The molecular weight excluding hydrogens is 425 g/mol. The Balaban J connectivity index is 1.66. The van der Waals surface area contributed by atoms with E-state index in [-0.39, 0.29) is 17.3 Å². The largest absolute Gasteiger partial charge is 0.467 e. The zero-order valence-corrected chi connectivity index (χ0v) is 18.1. The molecule has 0 radical (unpaired) electrons. The number of aliphatic hydroxyl groups is 1. The molecule has 33 heavy (non-hydrogen) atoms. The van der Waals surface area contributed by atoms with Gasteiger partial charge in [-0.1, -0.05) is 18.2 Å². The summed E-state index contributed by atoms with van der Waals surface area (Å²) in [5.41, 5.74) is 2.24. The van der Waals surface area contributed by atoms with Crippen LogP contribution in [0.3, 0.4) is 0 Å². The second kappa shape index (κ2) is 7.75. The van der Waals surface area contributed by atoms with Gasteiger partial charge in [0, 0.05) is 36.1 Å². The lowest BCUT2D eigenvalue weighted by atomic mass is 9.91. The average Bonchev–Trinajstić information content (AvgIpc) is 3.44. The zero-order chi connectivity index (χ0) is 23.2. The lowest BCUT2D eigenvalue weighted by Crippen LogP contribution is -2.26. The summed E-state index contributed by atoms with van der Waals surface area (Å²) in [4.78, 5) is 21.0. The molecule has 0 bridgehead atoms. The Morgan fingerprint density at radius 1 is 1.12 bits per heavy atom. The first-order valence-corrected chi connectivity index (χ1v) is 10.1. The Morgan fingerprint density at radius 3 is 2.67 bits per heavy atom. The quantitative estimate of drug-likeness (QED) is 0.427. The van der Waals surface area contributed by atoms with Crippen molar-refractivity contribution in [2.75, 3.05) is 7.11 Å². The third-order valence-electron chi connectivity index (χ3n) is 5.44. The van der Waals surface area contributed by atoms with Crippen molar-refractivity contribution < 1.29 is 14.2 Å². The summed E-state index contributed by atoms with van der Waals surface area (Å²) in [5, 5.41) is 15.4. The molecule has 166 valence electrons. The second-order valence-corrected chi connectivity index (χ2v) is 7.73. The lowest BCUT2D eigenvalue weighted by molar-refractivity contribution is 0.0922. The molecule has 5 aromatic rings. The number of hydrogen-bond donors (Lipinski definition) is 2. The van der Waals surface area contributed by atoms with E-state index in [1.165, 1.54) is 26.2 Å². The maximum Gasteiger partial charge on any atom is 0.317 e. The summed E-state index contributed by atoms with van der Waals surface area (Å²) >= 11 is 0. The average molecular weight is 445 g/mol. The van der Waals surface area contributed by atoms with Gasteiger partial charge in [0.1, 0.15) is 16.9 Å². The number of ether oxygens (including phenoxy) is 1. The first kappa shape index (κ1) is 20.7. The van der Waals surface area contributed by atoms with Crippen molar-refractivity contribution in [3.63, 3.8) is 0 Å². The number of rotatable bonds is 5. The topological polar surface area (TPSA) is 115 Å². The van der Waals surface area contributed by atoms with Crippen molar-refractivity contribution in [1.29, 1.82) is 0 Å². The van der Waals surface area contributed by atoms with Crippen LogP contribution in [0.1, 0.15) is 18.2 Å². The standard InChI is InChI=1S/C23H20FN7O2/c1-23(32,15-6-4-5-7-16(15)24)19-8-17(29-22(30-19)33-3)14-10-25-21-20(14)28-18(11-26-21)13-9-27-31(2)12-13/h4-12,32H,1-3H3,(H,25,26). The number of aryl methyl sites for hydroxylation is 1. The fourth-order valence-corrected chi connectivity index (χ4v) is 3.68. The maximum absolute atomic E-state index is 14.5. The van der Waals surface area contributed by atoms with Gasteiger partial charge in [-0.3, -0.25) is 4.68 Å². The molecule has 0 aliphatic heterocycles. The van der Waals surface area contributed by atoms with E-state index in [0.717, 1.165) is 5.56 Å². The van der Waals surface area contributed by atoms with Crippen LogP contribution >= 0.6 is 0 Å². The molecule has 0 saturated heterocycles. The predicted octanol–water partition coefficient (Wildman–Crippen LogP) is 3.22. The molecule has 1 aromatic carbocycles. The van der Waals surface area contributed by atoms with E-state index in [9.17, 15) is 9.50 Å². The fourth-order valence-electron chi connectivity index (χ4n) is 3.68. The molecule has 0 aliphatic carbocycles. The molecule has 10 heteroatoms. The monoisotopic (exact) mass is 445 g/mol. The van der Waals surface area contributed by atoms with Crippen LogP contribution in [0.25, 0.3) is 33.7 Å². The summed E-state index contributed by atoms with van der Waals surface area (Å²) in [7, 11) is 3.25. The third-order valence-corrected chi connectivity index (χ3v) is 5.44. The third kappa shape index (κ3) is 3.60. The van der Waals surface area contributed by atoms with Gasteiger partial charge in [-0.2, -0.15) is 15.1 Å². The number of nitrogens with one attached hydrogen (secondary N) is 1. The highest BCUT2D eigenvalue weighted by atomic mass is 19.1. The first-order chi connectivity index (χ1) is 15.9. The fraction of sp³-hybridized carbons (Fsp3) is 0.174. The number of H-pyrrole nitrogens is 1. The number of benzene rings is 1. The van der Waals surface area contributed by atoms with E-state index in [2.05, 4.69) is 25.0 Å². The van der Waals surface area contributed by atoms with Crippen molar-refractivity contribution in [3.05, 3.63) is 72.2 Å². The summed E-state index contributed by atoms with van der Waals surface area (Å²) < 4.78 is 21.4. The minimum absolute atomic E-state index is 0.0323. The van der Waals surface area contributed by atoms with E-state index in [1.807, 2.05) is 13.2 Å². The van der Waals surface area contributed by atoms with E-state index in [0.29, 0.717) is 28.1 Å². The van der Waals surface area contributed by atoms with Gasteiger partial charge in [-0.05, 0) is 19.1 Å². The number of hydrogen-bond acceptors (Lipinski definition) is 7. The molecule has 1 unspecified atom stereocenters. The molecule has 4 aromatic heterocycles. The molecule has 0 amide bonds. The number of fused-ring (bicyclic) bond motifs is 1. The van der Waals surface area contributed by atoms with Crippen LogP contribution in [0.5, 0.6) is 6.01 Å². The van der Waals surface area contributed by atoms with Crippen molar-refractivity contribution in [3.8, 4) is 28.5 Å². The lowest BCUT2D eigenvalue weighted by Gasteiger charge is -2.24. The van der Waals surface area contributed by atoms with Crippen LogP contribution in [0.4, 0.5) is 4.39 Å². The van der Waals surface area contributed by atoms with E-state index in [1.54, 1.807) is 41.5 Å². The maximum atomic E-state index is 14.5. The molecule has 5 rings (SSSR count). The normalized spacial score (nSPS) is 13.2. The summed E-state index contributed by atoms with van der Waals surface area (Å²) in [6.45, 7) is 1.48. The van der Waals surface area contributed by atoms with Crippen LogP contribution in [0, 0.1) is 5.82 Å². The van der Waals surface area contributed by atoms with Crippen LogP contribution < -0.4 is 4.74 Å². The summed E-state index contributed by atoms with van der Waals surface area (Å²) in [5.74, 6) is -0.541. The van der Waals surface area contributed by atoms with E-state index >= 15 is 0 Å². The van der Waals surface area contributed by atoms with E-state index < -0.39 is 11.4 Å². The Kier molecular flexibility index (Phi) is 4.86. The van der Waals surface area contributed by atoms with Crippen LogP contribution in [-0.4, -0.2) is 46.9 Å². The smallest absolute Gasteiger partial charge is 0.317 e. The van der Waals surface area contributed by atoms with Gasteiger partial charge in [0.05, 0.1) is 36.6 Å². The molecule has 4 heterocycles. The summed E-state index contributed by atoms with van der Waals surface area (Å²) in [6.07, 6.45) is 6.94. The Labute approximate surface area is 188 Å². The van der Waals surface area contributed by atoms with Crippen LogP contribution in [0.15, 0.2) is 55.1 Å². The van der Waals surface area contributed by atoms with Gasteiger partial charge in [0.15, 0.2) is 5.65 Å². The van der Waals surface area contributed by atoms with Gasteiger partial charge in [0.2, 0.25) is 0 Å².